The molecule has 1 aromatic rings. The minimum atomic E-state index is -0.0546. The van der Waals surface area contributed by atoms with Crippen LogP contribution < -0.4 is 10.1 Å². The monoisotopic (exact) mass is 403 g/mol. The van der Waals surface area contributed by atoms with Crippen LogP contribution in [-0.4, -0.2) is 24.4 Å². The number of carbonyl (C=O) groups excluding carboxylic acids is 1. The van der Waals surface area contributed by atoms with Gasteiger partial charge in [-0.15, -0.1) is 0 Å². The van der Waals surface area contributed by atoms with Crippen molar-refractivity contribution in [2.24, 2.45) is 5.92 Å². The first-order chi connectivity index (χ1) is 9.61. The number of benzene rings is 1. The molecule has 1 aliphatic rings. The molecule has 0 spiro atoms. The van der Waals surface area contributed by atoms with Gasteiger partial charge in [0.25, 0.3) is 5.91 Å². The summed E-state index contributed by atoms with van der Waals surface area (Å²) in [7, 11) is 1.60. The molecule has 1 aliphatic carbocycles. The second-order valence-corrected chi connectivity index (χ2v) is 7.15. The largest absolute Gasteiger partial charge is 0.497 e. The number of nitrogens with one attached hydrogen (secondary N) is 1. The van der Waals surface area contributed by atoms with Gasteiger partial charge < -0.3 is 10.1 Å². The maximum atomic E-state index is 12.3. The van der Waals surface area contributed by atoms with E-state index in [0.717, 1.165) is 11.0 Å². The Balaban J connectivity index is 1.97. The van der Waals surface area contributed by atoms with E-state index in [2.05, 4.69) is 37.2 Å². The summed E-state index contributed by atoms with van der Waals surface area (Å²) in [6, 6.07) is 5.42. The standard InChI is InChI=1S/C15H19Br2NO2/c1-20-11-6-7-14(17)12(8-11)15(19)18-9-10-4-2-3-5-13(10)16/h6-8,10,13H,2-5,9H2,1H3,(H,18,19). The van der Waals surface area contributed by atoms with Crippen LogP contribution in [0.3, 0.4) is 0 Å². The van der Waals surface area contributed by atoms with Gasteiger partial charge in [0.1, 0.15) is 5.75 Å². The zero-order valence-corrected chi connectivity index (χ0v) is 14.7. The van der Waals surface area contributed by atoms with Gasteiger partial charge in [-0.3, -0.25) is 4.79 Å². The lowest BCUT2D eigenvalue weighted by molar-refractivity contribution is 0.0943. The van der Waals surface area contributed by atoms with Crippen molar-refractivity contribution in [2.45, 2.75) is 30.5 Å². The van der Waals surface area contributed by atoms with Crippen LogP contribution in [0.2, 0.25) is 0 Å². The molecule has 2 rings (SSSR count). The zero-order valence-electron chi connectivity index (χ0n) is 11.5. The van der Waals surface area contributed by atoms with Gasteiger partial charge in [0.15, 0.2) is 0 Å². The molecule has 110 valence electrons. The third-order valence-corrected chi connectivity index (χ3v) is 5.66. The van der Waals surface area contributed by atoms with Gasteiger partial charge in [0.05, 0.1) is 12.7 Å². The van der Waals surface area contributed by atoms with Crippen molar-refractivity contribution in [3.05, 3.63) is 28.2 Å². The van der Waals surface area contributed by atoms with Gasteiger partial charge in [-0.1, -0.05) is 28.8 Å². The average Bonchev–Trinajstić information content (AvgIpc) is 2.46. The highest BCUT2D eigenvalue weighted by Crippen LogP contribution is 2.29. The first kappa shape index (κ1) is 15.8. The summed E-state index contributed by atoms with van der Waals surface area (Å²) in [4.78, 5) is 12.8. The van der Waals surface area contributed by atoms with Crippen LogP contribution in [-0.2, 0) is 0 Å². The van der Waals surface area contributed by atoms with Crippen LogP contribution in [0.1, 0.15) is 36.0 Å². The molecule has 0 saturated heterocycles. The van der Waals surface area contributed by atoms with E-state index < -0.39 is 0 Å². The number of methoxy groups -OCH3 is 1. The van der Waals surface area contributed by atoms with Crippen LogP contribution in [0.25, 0.3) is 0 Å². The van der Waals surface area contributed by atoms with E-state index in [4.69, 9.17) is 4.74 Å². The molecule has 1 amide bonds. The van der Waals surface area contributed by atoms with Crippen molar-refractivity contribution < 1.29 is 9.53 Å². The van der Waals surface area contributed by atoms with Crippen molar-refractivity contribution >= 4 is 37.8 Å². The van der Waals surface area contributed by atoms with Crippen molar-refractivity contribution in [3.8, 4) is 5.75 Å². The van der Waals surface area contributed by atoms with E-state index in [1.54, 1.807) is 13.2 Å². The molecule has 0 aromatic heterocycles. The molecular weight excluding hydrogens is 386 g/mol. The third-order valence-electron chi connectivity index (χ3n) is 3.76. The molecule has 0 radical (unpaired) electrons. The van der Waals surface area contributed by atoms with Crippen LogP contribution in [0, 0.1) is 5.92 Å². The number of carbonyl (C=O) groups is 1. The summed E-state index contributed by atoms with van der Waals surface area (Å²) >= 11 is 7.13. The molecule has 1 saturated carbocycles. The van der Waals surface area contributed by atoms with Gasteiger partial charge >= 0.3 is 0 Å². The number of hydrogen-bond donors (Lipinski definition) is 1. The van der Waals surface area contributed by atoms with Gasteiger partial charge in [-0.25, -0.2) is 0 Å². The van der Waals surface area contributed by atoms with Crippen molar-refractivity contribution in [3.63, 3.8) is 0 Å². The second kappa shape index (κ2) is 7.46. The second-order valence-electron chi connectivity index (χ2n) is 5.12. The number of ether oxygens (including phenoxy) is 1. The van der Waals surface area contributed by atoms with Gasteiger partial charge in [0, 0.05) is 15.8 Å². The highest BCUT2D eigenvalue weighted by molar-refractivity contribution is 9.10. The van der Waals surface area contributed by atoms with E-state index in [-0.39, 0.29) is 5.91 Å². The minimum Gasteiger partial charge on any atom is -0.497 e. The Bertz CT molecular complexity index is 479. The summed E-state index contributed by atoms with van der Waals surface area (Å²) in [6.07, 6.45) is 4.91. The number of halogens is 2. The molecule has 5 heteroatoms. The molecule has 20 heavy (non-hydrogen) atoms. The van der Waals surface area contributed by atoms with Crippen LogP contribution in [0.15, 0.2) is 22.7 Å². The molecule has 0 aliphatic heterocycles. The topological polar surface area (TPSA) is 38.3 Å². The SMILES string of the molecule is COc1ccc(Br)c(C(=O)NCC2CCCCC2Br)c1. The number of amides is 1. The smallest absolute Gasteiger partial charge is 0.252 e. The predicted molar refractivity (Wildman–Crippen MR) is 87.7 cm³/mol. The Morgan fingerprint density at radius 1 is 1.40 bits per heavy atom. The van der Waals surface area contributed by atoms with Crippen LogP contribution >= 0.6 is 31.9 Å². The fourth-order valence-electron chi connectivity index (χ4n) is 2.52. The lowest BCUT2D eigenvalue weighted by Gasteiger charge is -2.27. The normalized spacial score (nSPS) is 22.4. The first-order valence-corrected chi connectivity index (χ1v) is 8.58. The summed E-state index contributed by atoms with van der Waals surface area (Å²) in [5.41, 5.74) is 0.617. The number of alkyl halides is 1. The summed E-state index contributed by atoms with van der Waals surface area (Å²) < 4.78 is 5.95. The Labute approximate surface area is 136 Å². The predicted octanol–water partition coefficient (Wildman–Crippen LogP) is 4.14. The van der Waals surface area contributed by atoms with Crippen molar-refractivity contribution in [2.75, 3.05) is 13.7 Å². The Morgan fingerprint density at radius 3 is 2.85 bits per heavy atom. The van der Waals surface area contributed by atoms with Gasteiger partial charge in [-0.2, -0.15) is 0 Å². The van der Waals surface area contributed by atoms with Crippen LogP contribution in [0.4, 0.5) is 0 Å². The maximum Gasteiger partial charge on any atom is 0.252 e. The lowest BCUT2D eigenvalue weighted by Crippen LogP contribution is -2.34. The summed E-state index contributed by atoms with van der Waals surface area (Å²) in [5, 5.41) is 3.04. The first-order valence-electron chi connectivity index (χ1n) is 6.87. The van der Waals surface area contributed by atoms with Crippen molar-refractivity contribution in [1.29, 1.82) is 0 Å². The maximum absolute atomic E-state index is 12.3. The summed E-state index contributed by atoms with van der Waals surface area (Å²) in [6.45, 7) is 0.721. The Hall–Kier alpha value is -0.550. The van der Waals surface area contributed by atoms with E-state index in [9.17, 15) is 4.79 Å². The highest BCUT2D eigenvalue weighted by Gasteiger charge is 2.23. The third kappa shape index (κ3) is 3.98. The van der Waals surface area contributed by atoms with E-state index in [1.165, 1.54) is 25.7 Å². The van der Waals surface area contributed by atoms with Crippen molar-refractivity contribution in [1.82, 2.24) is 5.32 Å². The Morgan fingerprint density at radius 2 is 2.15 bits per heavy atom. The molecular formula is C15H19Br2NO2. The quantitative estimate of drug-likeness (QED) is 0.765. The molecule has 2 unspecified atom stereocenters. The van der Waals surface area contributed by atoms with Gasteiger partial charge in [0.2, 0.25) is 0 Å². The zero-order chi connectivity index (χ0) is 14.5. The lowest BCUT2D eigenvalue weighted by atomic mass is 9.89. The number of rotatable bonds is 4. The van der Waals surface area contributed by atoms with E-state index >= 15 is 0 Å². The number of hydrogen-bond acceptors (Lipinski definition) is 2. The molecule has 2 atom stereocenters. The molecule has 1 N–H and O–H groups in total. The highest BCUT2D eigenvalue weighted by atomic mass is 79.9. The fraction of sp³-hybridized carbons (Fsp3) is 0.533. The molecule has 3 nitrogen and oxygen atoms in total. The minimum absolute atomic E-state index is 0.0546. The molecule has 1 fully saturated rings. The Kier molecular flexibility index (Phi) is 5.90. The van der Waals surface area contributed by atoms with Crippen LogP contribution in [0.5, 0.6) is 5.75 Å². The average molecular weight is 405 g/mol. The summed E-state index contributed by atoms with van der Waals surface area (Å²) in [5.74, 6) is 1.16. The van der Waals surface area contributed by atoms with E-state index in [0.29, 0.717) is 22.1 Å². The molecule has 0 heterocycles. The van der Waals surface area contributed by atoms with Gasteiger partial charge in [-0.05, 0) is 52.9 Å². The fourth-order valence-corrected chi connectivity index (χ4v) is 3.72. The molecule has 0 bridgehead atoms. The van der Waals surface area contributed by atoms with E-state index in [1.807, 2.05) is 12.1 Å². The molecule has 1 aromatic carbocycles.